The second-order valence-electron chi connectivity index (χ2n) is 7.27. The van der Waals surface area contributed by atoms with Gasteiger partial charge in [0.05, 0.1) is 34.3 Å². The van der Waals surface area contributed by atoms with E-state index in [4.69, 9.17) is 27.9 Å². The Bertz CT molecular complexity index is 1010. The first kappa shape index (κ1) is 20.7. The fourth-order valence-electron chi connectivity index (χ4n) is 3.90. The molecule has 2 aliphatic rings. The van der Waals surface area contributed by atoms with Crippen molar-refractivity contribution >= 4 is 41.1 Å². The molecule has 30 heavy (non-hydrogen) atoms. The first-order valence-corrected chi connectivity index (χ1v) is 10.1. The van der Waals surface area contributed by atoms with Crippen LogP contribution in [0.3, 0.4) is 0 Å². The quantitative estimate of drug-likeness (QED) is 0.719. The third-order valence-electron chi connectivity index (χ3n) is 5.40. The number of hydrogen-bond acceptors (Lipinski definition) is 4. The molecule has 3 amide bonds. The zero-order valence-corrected chi connectivity index (χ0v) is 17.3. The number of carbonyl (C=O) groups excluding carboxylic acids is 2. The van der Waals surface area contributed by atoms with E-state index in [1.54, 1.807) is 42.5 Å². The highest BCUT2D eigenvalue weighted by molar-refractivity contribution is 6.42. The van der Waals surface area contributed by atoms with Crippen LogP contribution in [0.25, 0.3) is 0 Å². The summed E-state index contributed by atoms with van der Waals surface area (Å²) in [5, 5.41) is 10.2. The van der Waals surface area contributed by atoms with Gasteiger partial charge < -0.3 is 14.7 Å². The van der Waals surface area contributed by atoms with Crippen LogP contribution < -0.4 is 0 Å². The van der Waals surface area contributed by atoms with E-state index < -0.39 is 23.5 Å². The summed E-state index contributed by atoms with van der Waals surface area (Å²) >= 11 is 12.3. The summed E-state index contributed by atoms with van der Waals surface area (Å²) in [7, 11) is 0. The largest absolute Gasteiger partial charge is 0.465 e. The first-order chi connectivity index (χ1) is 14.3. The van der Waals surface area contributed by atoms with Gasteiger partial charge in [-0.1, -0.05) is 41.4 Å². The summed E-state index contributed by atoms with van der Waals surface area (Å²) in [5.74, 6) is -0.880. The van der Waals surface area contributed by atoms with Crippen LogP contribution in [0.4, 0.5) is 4.79 Å². The van der Waals surface area contributed by atoms with E-state index in [0.29, 0.717) is 28.1 Å². The highest BCUT2D eigenvalue weighted by atomic mass is 35.5. The lowest BCUT2D eigenvalue weighted by atomic mass is 9.92. The molecule has 156 valence electrons. The lowest BCUT2D eigenvalue weighted by Crippen LogP contribution is -2.51. The molecule has 1 saturated heterocycles. The second-order valence-corrected chi connectivity index (χ2v) is 8.09. The number of hydrogen-bond donors (Lipinski definition) is 1. The Morgan fingerprint density at radius 3 is 2.33 bits per heavy atom. The molecule has 1 N–H and O–H groups in total. The molecule has 0 aliphatic carbocycles. The van der Waals surface area contributed by atoms with Crippen molar-refractivity contribution in [1.29, 1.82) is 0 Å². The molecule has 0 bridgehead atoms. The average Bonchev–Trinajstić information content (AvgIpc) is 2.89. The number of fused-ring (bicyclic) bond motifs is 1. The van der Waals surface area contributed by atoms with Crippen molar-refractivity contribution in [1.82, 2.24) is 9.80 Å². The van der Waals surface area contributed by atoms with Crippen molar-refractivity contribution in [2.45, 2.75) is 12.0 Å². The molecule has 1 unspecified atom stereocenters. The summed E-state index contributed by atoms with van der Waals surface area (Å²) < 4.78 is 6.16. The van der Waals surface area contributed by atoms with Gasteiger partial charge >= 0.3 is 6.09 Å². The van der Waals surface area contributed by atoms with Crippen LogP contribution in [0.15, 0.2) is 42.5 Å². The Morgan fingerprint density at radius 2 is 1.73 bits per heavy atom. The summed E-state index contributed by atoms with van der Waals surface area (Å²) in [6.07, 6.45) is -0.621. The minimum absolute atomic E-state index is 0.0618. The van der Waals surface area contributed by atoms with Crippen LogP contribution in [-0.4, -0.2) is 59.1 Å². The van der Waals surface area contributed by atoms with Gasteiger partial charge in [-0.15, -0.1) is 0 Å². The van der Waals surface area contributed by atoms with Crippen molar-refractivity contribution in [3.8, 4) is 0 Å². The Hall–Kier alpha value is -2.61. The SMILES string of the molecule is O=C(O)N1CCCOC(CN2C(=O)c3ccccc3C2=O)(c2ccc(Cl)c(Cl)c2)C1. The van der Waals surface area contributed by atoms with Gasteiger partial charge in [-0.2, -0.15) is 0 Å². The van der Waals surface area contributed by atoms with E-state index in [9.17, 15) is 19.5 Å². The molecular weight excluding hydrogens is 431 g/mol. The van der Waals surface area contributed by atoms with E-state index in [0.717, 1.165) is 4.90 Å². The van der Waals surface area contributed by atoms with Crippen LogP contribution in [0.1, 0.15) is 32.7 Å². The van der Waals surface area contributed by atoms with Crippen molar-refractivity contribution in [3.05, 3.63) is 69.2 Å². The molecule has 2 heterocycles. The minimum atomic E-state index is -1.28. The van der Waals surface area contributed by atoms with Crippen LogP contribution >= 0.6 is 23.2 Å². The normalized spacial score (nSPS) is 21.5. The van der Waals surface area contributed by atoms with E-state index >= 15 is 0 Å². The maximum Gasteiger partial charge on any atom is 0.407 e. The lowest BCUT2D eigenvalue weighted by molar-refractivity contribution is -0.0615. The molecule has 7 nitrogen and oxygen atoms in total. The predicted molar refractivity (Wildman–Crippen MR) is 110 cm³/mol. The Labute approximate surface area is 182 Å². The Balaban J connectivity index is 1.78. The molecule has 0 saturated carbocycles. The van der Waals surface area contributed by atoms with Gasteiger partial charge in [0.15, 0.2) is 0 Å². The number of imide groups is 1. The topological polar surface area (TPSA) is 87.2 Å². The van der Waals surface area contributed by atoms with Crippen molar-refractivity contribution < 1.29 is 24.2 Å². The Morgan fingerprint density at radius 1 is 1.07 bits per heavy atom. The molecule has 2 aliphatic heterocycles. The van der Waals surface area contributed by atoms with Gasteiger partial charge in [-0.3, -0.25) is 14.5 Å². The molecule has 0 aromatic heterocycles. The number of benzene rings is 2. The molecule has 4 rings (SSSR count). The van der Waals surface area contributed by atoms with Crippen molar-refractivity contribution in [2.24, 2.45) is 0 Å². The van der Waals surface area contributed by atoms with E-state index in [1.807, 2.05) is 0 Å². The number of halogens is 2. The number of carboxylic acid groups (broad SMARTS) is 1. The number of rotatable bonds is 3. The van der Waals surface area contributed by atoms with Gasteiger partial charge in [0.1, 0.15) is 5.60 Å². The molecule has 1 atom stereocenters. The molecular formula is C21H18Cl2N2O5. The van der Waals surface area contributed by atoms with Crippen molar-refractivity contribution in [3.63, 3.8) is 0 Å². The van der Waals surface area contributed by atoms with Crippen molar-refractivity contribution in [2.75, 3.05) is 26.2 Å². The van der Waals surface area contributed by atoms with Crippen LogP contribution in [0.2, 0.25) is 10.0 Å². The van der Waals surface area contributed by atoms with Gasteiger partial charge in [-0.25, -0.2) is 4.79 Å². The molecule has 0 spiro atoms. The lowest BCUT2D eigenvalue weighted by Gasteiger charge is -2.38. The fourth-order valence-corrected chi connectivity index (χ4v) is 4.20. The highest BCUT2D eigenvalue weighted by Crippen LogP contribution is 2.36. The monoisotopic (exact) mass is 448 g/mol. The van der Waals surface area contributed by atoms with Crippen LogP contribution in [0.5, 0.6) is 0 Å². The molecule has 2 aromatic rings. The summed E-state index contributed by atoms with van der Waals surface area (Å²) in [6, 6.07) is 11.4. The van der Waals surface area contributed by atoms with E-state index in [2.05, 4.69) is 0 Å². The molecule has 2 aromatic carbocycles. The highest BCUT2D eigenvalue weighted by Gasteiger charge is 2.46. The third kappa shape index (κ3) is 3.53. The Kier molecular flexibility index (Phi) is 5.44. The number of carbonyl (C=O) groups is 3. The summed E-state index contributed by atoms with van der Waals surface area (Å²) in [6.45, 7) is 0.322. The summed E-state index contributed by atoms with van der Waals surface area (Å²) in [5.41, 5.74) is -0.108. The number of amides is 3. The van der Waals surface area contributed by atoms with Crippen LogP contribution in [0, 0.1) is 0 Å². The molecule has 0 radical (unpaired) electrons. The van der Waals surface area contributed by atoms with Gasteiger partial charge in [-0.05, 0) is 36.2 Å². The van der Waals surface area contributed by atoms with E-state index in [-0.39, 0.29) is 31.3 Å². The second kappa shape index (κ2) is 7.91. The molecule has 1 fully saturated rings. The van der Waals surface area contributed by atoms with Gasteiger partial charge in [0, 0.05) is 13.2 Å². The number of nitrogens with zero attached hydrogens (tertiary/aromatic N) is 2. The fraction of sp³-hybridized carbons (Fsp3) is 0.286. The maximum atomic E-state index is 12.9. The van der Waals surface area contributed by atoms with Crippen LogP contribution in [-0.2, 0) is 10.3 Å². The zero-order valence-electron chi connectivity index (χ0n) is 15.8. The average molecular weight is 449 g/mol. The minimum Gasteiger partial charge on any atom is -0.465 e. The van der Waals surface area contributed by atoms with Gasteiger partial charge in [0.2, 0.25) is 0 Å². The number of ether oxygens (including phenoxy) is 1. The first-order valence-electron chi connectivity index (χ1n) is 9.35. The predicted octanol–water partition coefficient (Wildman–Crippen LogP) is 3.89. The summed E-state index contributed by atoms with van der Waals surface area (Å²) in [4.78, 5) is 40.0. The molecule has 9 heteroatoms. The van der Waals surface area contributed by atoms with Gasteiger partial charge in [0.25, 0.3) is 11.8 Å². The standard InChI is InChI=1S/C21H18Cl2N2O5/c22-16-7-6-13(10-17(16)23)21(11-24(20(28)29)8-3-9-30-21)12-25-18(26)14-4-1-2-5-15(14)19(25)27/h1-2,4-7,10H,3,8-9,11-12H2,(H,28,29). The zero-order chi connectivity index (χ0) is 21.5. The maximum absolute atomic E-state index is 12.9. The smallest absolute Gasteiger partial charge is 0.407 e. The third-order valence-corrected chi connectivity index (χ3v) is 6.14. The van der Waals surface area contributed by atoms with E-state index in [1.165, 1.54) is 4.90 Å².